The van der Waals surface area contributed by atoms with Gasteiger partial charge >= 0.3 is 5.97 Å². The van der Waals surface area contributed by atoms with E-state index in [4.69, 9.17) is 16.3 Å². The number of fused-ring (bicyclic) bond motifs is 1. The third kappa shape index (κ3) is 5.38. The van der Waals surface area contributed by atoms with Crippen LogP contribution in [0.2, 0.25) is 5.02 Å². The second kappa shape index (κ2) is 10.7. The average molecular weight is 465 g/mol. The van der Waals surface area contributed by atoms with Gasteiger partial charge in [-0.05, 0) is 81.0 Å². The van der Waals surface area contributed by atoms with Gasteiger partial charge in [-0.2, -0.15) is 0 Å². The van der Waals surface area contributed by atoms with Crippen molar-refractivity contribution in [1.82, 2.24) is 0 Å². The van der Waals surface area contributed by atoms with E-state index in [0.717, 1.165) is 55.6 Å². The molecule has 2 nitrogen and oxygen atoms in total. The quantitative estimate of drug-likeness (QED) is 0.184. The van der Waals surface area contributed by atoms with Crippen molar-refractivity contribution in [3.05, 3.63) is 41.4 Å². The van der Waals surface area contributed by atoms with Crippen LogP contribution >= 0.6 is 11.6 Å². The number of rotatable bonds is 6. The zero-order valence-corrected chi connectivity index (χ0v) is 19.6. The summed E-state index contributed by atoms with van der Waals surface area (Å²) in [4.78, 5) is 12.9. The highest BCUT2D eigenvalue weighted by atomic mass is 35.5. The Balaban J connectivity index is 1.33. The summed E-state index contributed by atoms with van der Waals surface area (Å²) in [5, 5.41) is -0.574. The molecule has 0 saturated heterocycles. The van der Waals surface area contributed by atoms with Crippen LogP contribution in [0.3, 0.4) is 0 Å². The minimum atomic E-state index is -0.907. The zero-order valence-electron chi connectivity index (χ0n) is 18.8. The Kier molecular flexibility index (Phi) is 7.91. The lowest BCUT2D eigenvalue weighted by atomic mass is 9.59. The van der Waals surface area contributed by atoms with Crippen LogP contribution in [-0.2, 0) is 4.79 Å². The van der Waals surface area contributed by atoms with Gasteiger partial charge in [0.2, 0.25) is 0 Å². The standard InChI is InChI=1S/C27H35ClF2O2/c1-2-3-5-17-8-10-18(11-9-17)19-12-13-22-20(14-19)6-4-7-23(22)27(31)32-21-15-24(29)26(28)25(30)16-21/h2,15-20,22-23H,1,3-14H2. The molecule has 5 heteroatoms. The molecule has 1 aromatic carbocycles. The summed E-state index contributed by atoms with van der Waals surface area (Å²) in [6.45, 7) is 3.85. The maximum Gasteiger partial charge on any atom is 0.314 e. The molecule has 3 aliphatic carbocycles. The van der Waals surface area contributed by atoms with Crippen LogP contribution in [0, 0.1) is 47.1 Å². The summed E-state index contributed by atoms with van der Waals surface area (Å²) in [6, 6.07) is 1.98. The van der Waals surface area contributed by atoms with E-state index >= 15 is 0 Å². The minimum Gasteiger partial charge on any atom is -0.426 e. The third-order valence-corrected chi connectivity index (χ3v) is 8.87. The lowest BCUT2D eigenvalue weighted by Crippen LogP contribution is -2.40. The number of carbonyl (C=O) groups excluding carboxylic acids is 1. The van der Waals surface area contributed by atoms with Gasteiger partial charge < -0.3 is 4.74 Å². The third-order valence-electron chi connectivity index (χ3n) is 8.50. The van der Waals surface area contributed by atoms with Gasteiger partial charge in [0.1, 0.15) is 22.4 Å². The predicted octanol–water partition coefficient (Wildman–Crippen LogP) is 8.13. The molecule has 32 heavy (non-hydrogen) atoms. The monoisotopic (exact) mass is 464 g/mol. The van der Waals surface area contributed by atoms with Crippen LogP contribution in [0.4, 0.5) is 8.78 Å². The van der Waals surface area contributed by atoms with E-state index in [2.05, 4.69) is 6.58 Å². The van der Waals surface area contributed by atoms with Crippen molar-refractivity contribution in [2.75, 3.05) is 0 Å². The summed E-state index contributed by atoms with van der Waals surface area (Å²) < 4.78 is 32.9. The Morgan fingerprint density at radius 1 is 1.00 bits per heavy atom. The lowest BCUT2D eigenvalue weighted by molar-refractivity contribution is -0.144. The molecule has 1 aromatic rings. The molecule has 0 bridgehead atoms. The summed E-state index contributed by atoms with van der Waals surface area (Å²) in [7, 11) is 0. The van der Waals surface area contributed by atoms with Crippen molar-refractivity contribution >= 4 is 17.6 Å². The van der Waals surface area contributed by atoms with E-state index in [-0.39, 0.29) is 17.6 Å². The summed E-state index contributed by atoms with van der Waals surface area (Å²) in [5.74, 6) is 0.958. The number of halogens is 3. The van der Waals surface area contributed by atoms with Gasteiger partial charge in [-0.3, -0.25) is 4.79 Å². The maximum absolute atomic E-state index is 13.7. The van der Waals surface area contributed by atoms with Gasteiger partial charge in [0.05, 0.1) is 5.92 Å². The molecule has 4 atom stereocenters. The predicted molar refractivity (Wildman–Crippen MR) is 124 cm³/mol. The van der Waals surface area contributed by atoms with Crippen molar-refractivity contribution in [3.8, 4) is 5.75 Å². The van der Waals surface area contributed by atoms with E-state index in [1.807, 2.05) is 6.08 Å². The van der Waals surface area contributed by atoms with Gasteiger partial charge in [0, 0.05) is 12.1 Å². The number of allylic oxidation sites excluding steroid dienone is 1. The first kappa shape index (κ1) is 23.7. The van der Waals surface area contributed by atoms with Crippen molar-refractivity contribution < 1.29 is 18.3 Å². The Labute approximate surface area is 195 Å². The van der Waals surface area contributed by atoms with Crippen molar-refractivity contribution in [1.29, 1.82) is 0 Å². The minimum absolute atomic E-state index is 0.0987. The number of hydrogen-bond acceptors (Lipinski definition) is 2. The number of ether oxygens (including phenoxy) is 1. The Morgan fingerprint density at radius 2 is 1.69 bits per heavy atom. The van der Waals surface area contributed by atoms with E-state index in [1.165, 1.54) is 51.4 Å². The fourth-order valence-corrected chi connectivity index (χ4v) is 6.91. The summed E-state index contributed by atoms with van der Waals surface area (Å²) >= 11 is 5.54. The molecule has 4 rings (SSSR count). The topological polar surface area (TPSA) is 26.3 Å². The molecule has 4 unspecified atom stereocenters. The van der Waals surface area contributed by atoms with Gasteiger partial charge in [-0.25, -0.2) is 8.78 Å². The van der Waals surface area contributed by atoms with Crippen LogP contribution in [-0.4, -0.2) is 5.97 Å². The normalized spacial score (nSPS) is 32.7. The van der Waals surface area contributed by atoms with E-state index in [0.29, 0.717) is 11.8 Å². The molecule has 0 N–H and O–H groups in total. The van der Waals surface area contributed by atoms with Crippen LogP contribution in [0.1, 0.15) is 77.0 Å². The summed E-state index contributed by atoms with van der Waals surface area (Å²) in [5.41, 5.74) is 0. The molecule has 0 radical (unpaired) electrons. The van der Waals surface area contributed by atoms with Gasteiger partial charge in [-0.1, -0.05) is 43.4 Å². The highest BCUT2D eigenvalue weighted by Gasteiger charge is 2.43. The van der Waals surface area contributed by atoms with Crippen LogP contribution in [0.15, 0.2) is 24.8 Å². The number of carbonyl (C=O) groups is 1. The Hall–Kier alpha value is -1.42. The molecule has 0 aliphatic heterocycles. The van der Waals surface area contributed by atoms with E-state index in [9.17, 15) is 13.6 Å². The maximum atomic E-state index is 13.7. The molecule has 0 heterocycles. The number of hydrogen-bond donors (Lipinski definition) is 0. The van der Waals surface area contributed by atoms with Gasteiger partial charge in [0.25, 0.3) is 0 Å². The number of esters is 1. The highest BCUT2D eigenvalue weighted by Crippen LogP contribution is 2.50. The largest absolute Gasteiger partial charge is 0.426 e. The molecule has 0 aromatic heterocycles. The van der Waals surface area contributed by atoms with Crippen molar-refractivity contribution in [3.63, 3.8) is 0 Å². The fraction of sp³-hybridized carbons (Fsp3) is 0.667. The van der Waals surface area contributed by atoms with Gasteiger partial charge in [0.15, 0.2) is 0 Å². The smallest absolute Gasteiger partial charge is 0.314 e. The zero-order chi connectivity index (χ0) is 22.7. The van der Waals surface area contributed by atoms with Crippen LogP contribution in [0.25, 0.3) is 0 Å². The second-order valence-electron chi connectivity index (χ2n) is 10.3. The number of benzene rings is 1. The molecule has 0 spiro atoms. The van der Waals surface area contributed by atoms with E-state index < -0.39 is 16.7 Å². The molecule has 3 saturated carbocycles. The Bertz CT molecular complexity index is 795. The van der Waals surface area contributed by atoms with Gasteiger partial charge in [-0.15, -0.1) is 6.58 Å². The van der Waals surface area contributed by atoms with E-state index in [1.54, 1.807) is 0 Å². The average Bonchev–Trinajstić information content (AvgIpc) is 2.80. The Morgan fingerprint density at radius 3 is 2.38 bits per heavy atom. The van der Waals surface area contributed by atoms with Crippen molar-refractivity contribution in [2.24, 2.45) is 35.5 Å². The first-order valence-electron chi connectivity index (χ1n) is 12.4. The first-order valence-corrected chi connectivity index (χ1v) is 12.8. The molecule has 176 valence electrons. The fourth-order valence-electron chi connectivity index (χ4n) is 6.81. The molecular formula is C27H35ClF2O2. The lowest BCUT2D eigenvalue weighted by Gasteiger charge is -2.46. The SMILES string of the molecule is C=CCCC1CCC(C2CCC3C(CCCC3C(=O)Oc3cc(F)c(Cl)c(F)c3)C2)CC1. The van der Waals surface area contributed by atoms with Crippen LogP contribution in [0.5, 0.6) is 5.75 Å². The van der Waals surface area contributed by atoms with Crippen LogP contribution < -0.4 is 4.74 Å². The highest BCUT2D eigenvalue weighted by molar-refractivity contribution is 6.30. The summed E-state index contributed by atoms with van der Waals surface area (Å²) in [6.07, 6.45) is 16.4. The molecule has 3 aliphatic rings. The molecule has 3 fully saturated rings. The second-order valence-corrected chi connectivity index (χ2v) is 10.7. The molecular weight excluding hydrogens is 430 g/mol. The molecule has 0 amide bonds. The first-order chi connectivity index (χ1) is 15.5. The van der Waals surface area contributed by atoms with Crippen molar-refractivity contribution in [2.45, 2.75) is 77.0 Å².